The fourth-order valence-electron chi connectivity index (χ4n) is 4.29. The molecule has 35 heavy (non-hydrogen) atoms. The largest absolute Gasteiger partial charge is 0.416 e. The quantitative estimate of drug-likeness (QED) is 0.627. The molecule has 0 spiro atoms. The van der Waals surface area contributed by atoms with Crippen LogP contribution < -0.4 is 4.90 Å². The predicted octanol–water partition coefficient (Wildman–Crippen LogP) is 2.78. The smallest absolute Gasteiger partial charge is 0.378 e. The number of alkyl halides is 3. The van der Waals surface area contributed by atoms with Crippen molar-refractivity contribution in [1.29, 1.82) is 0 Å². The van der Waals surface area contributed by atoms with Gasteiger partial charge in [0.2, 0.25) is 10.0 Å². The molecule has 1 atom stereocenters. The number of ether oxygens (including phenoxy) is 1. The van der Waals surface area contributed by atoms with Gasteiger partial charge in [-0.3, -0.25) is 4.79 Å². The van der Waals surface area contributed by atoms with Gasteiger partial charge in [-0.05, 0) is 49.7 Å². The number of carbonyl (C=O) groups excluding carboxylic acids is 1. The molecule has 4 rings (SSSR count). The highest BCUT2D eigenvalue weighted by Crippen LogP contribution is 2.30. The molecule has 2 saturated heterocycles. The number of carbonyl (C=O) groups is 1. The molecule has 1 aromatic carbocycles. The molecule has 0 aliphatic carbocycles. The van der Waals surface area contributed by atoms with Crippen molar-refractivity contribution in [1.82, 2.24) is 14.2 Å². The first-order valence-electron chi connectivity index (χ1n) is 11.3. The van der Waals surface area contributed by atoms with Gasteiger partial charge in [0, 0.05) is 45.0 Å². The zero-order valence-corrected chi connectivity index (χ0v) is 20.3. The summed E-state index contributed by atoms with van der Waals surface area (Å²) in [5, 5.41) is 0. The van der Waals surface area contributed by atoms with E-state index in [-0.39, 0.29) is 30.4 Å². The van der Waals surface area contributed by atoms with Crippen molar-refractivity contribution in [3.05, 3.63) is 53.2 Å². The van der Waals surface area contributed by atoms with E-state index >= 15 is 0 Å². The Morgan fingerprint density at radius 1 is 1.09 bits per heavy atom. The summed E-state index contributed by atoms with van der Waals surface area (Å²) >= 11 is 0. The van der Waals surface area contributed by atoms with Gasteiger partial charge in [-0.15, -0.1) is 0 Å². The van der Waals surface area contributed by atoms with Crippen molar-refractivity contribution in [3.63, 3.8) is 0 Å². The maximum atomic E-state index is 13.3. The molecule has 190 valence electrons. The topological polar surface area (TPSA) is 83.1 Å². The first kappa shape index (κ1) is 25.4. The van der Waals surface area contributed by atoms with Crippen LogP contribution in [0.4, 0.5) is 19.0 Å². The lowest BCUT2D eigenvalue weighted by molar-refractivity contribution is -0.137. The van der Waals surface area contributed by atoms with Gasteiger partial charge < -0.3 is 14.5 Å². The third kappa shape index (κ3) is 5.29. The average Bonchev–Trinajstić information content (AvgIpc) is 2.83. The molecular weight excluding hydrogens is 485 g/mol. The summed E-state index contributed by atoms with van der Waals surface area (Å²) < 4.78 is 71.0. The van der Waals surface area contributed by atoms with Crippen LogP contribution in [-0.2, 0) is 20.9 Å². The minimum Gasteiger partial charge on any atom is -0.378 e. The Morgan fingerprint density at radius 2 is 1.74 bits per heavy atom. The van der Waals surface area contributed by atoms with Gasteiger partial charge in [0.25, 0.3) is 5.91 Å². The summed E-state index contributed by atoms with van der Waals surface area (Å²) in [5.74, 6) is 0.547. The number of aromatic nitrogens is 1. The van der Waals surface area contributed by atoms with Crippen molar-refractivity contribution in [3.8, 4) is 0 Å². The molecular formula is C23H27F3N4O4S. The van der Waals surface area contributed by atoms with Crippen molar-refractivity contribution in [2.45, 2.75) is 31.0 Å². The second-order valence-corrected chi connectivity index (χ2v) is 10.6. The molecule has 2 aromatic rings. The third-order valence-corrected chi connectivity index (χ3v) is 8.21. The lowest BCUT2D eigenvalue weighted by atomic mass is 10.1. The second kappa shape index (κ2) is 9.75. The van der Waals surface area contributed by atoms with E-state index in [4.69, 9.17) is 4.74 Å². The number of nitrogens with zero attached hydrogens (tertiary/aromatic N) is 4. The molecule has 2 aliphatic rings. The maximum Gasteiger partial charge on any atom is 0.416 e. The average molecular weight is 513 g/mol. The van der Waals surface area contributed by atoms with Crippen LogP contribution in [-0.4, -0.2) is 80.5 Å². The molecule has 1 aromatic heterocycles. The number of sulfonamides is 1. The van der Waals surface area contributed by atoms with Gasteiger partial charge in [-0.25, -0.2) is 13.4 Å². The molecule has 1 amide bonds. The zero-order chi connectivity index (χ0) is 25.4. The number of amides is 1. The summed E-state index contributed by atoms with van der Waals surface area (Å²) in [4.78, 5) is 21.2. The number of aryl methyl sites for hydroxylation is 1. The second-order valence-electron chi connectivity index (χ2n) is 8.69. The molecule has 0 N–H and O–H groups in total. The van der Waals surface area contributed by atoms with Crippen LogP contribution >= 0.6 is 0 Å². The third-order valence-electron chi connectivity index (χ3n) is 6.33. The first-order chi connectivity index (χ1) is 16.5. The van der Waals surface area contributed by atoms with Crippen LogP contribution in [0.1, 0.15) is 28.4 Å². The van der Waals surface area contributed by atoms with Crippen molar-refractivity contribution in [2.24, 2.45) is 0 Å². The number of pyridine rings is 1. The Bertz CT molecular complexity index is 1180. The number of benzene rings is 1. The van der Waals surface area contributed by atoms with Crippen molar-refractivity contribution < 1.29 is 31.1 Å². The van der Waals surface area contributed by atoms with Crippen LogP contribution in [0.5, 0.6) is 0 Å². The number of hydrogen-bond donors (Lipinski definition) is 0. The van der Waals surface area contributed by atoms with Crippen LogP contribution in [0.2, 0.25) is 0 Å². The van der Waals surface area contributed by atoms with Crippen LogP contribution in [0.25, 0.3) is 0 Å². The number of piperazine rings is 1. The fraction of sp³-hybridized carbons (Fsp3) is 0.478. The Hall–Kier alpha value is -2.70. The molecule has 0 saturated carbocycles. The Kier molecular flexibility index (Phi) is 7.07. The van der Waals surface area contributed by atoms with Gasteiger partial charge in [0.1, 0.15) is 5.82 Å². The lowest BCUT2D eigenvalue weighted by Crippen LogP contribution is -2.55. The highest BCUT2D eigenvalue weighted by Gasteiger charge is 2.36. The Morgan fingerprint density at radius 3 is 2.31 bits per heavy atom. The van der Waals surface area contributed by atoms with Crippen LogP contribution in [0.15, 0.2) is 41.4 Å². The molecule has 1 unspecified atom stereocenters. The summed E-state index contributed by atoms with van der Waals surface area (Å²) in [7, 11) is -4.00. The molecule has 0 bridgehead atoms. The minimum absolute atomic E-state index is 0.0352. The van der Waals surface area contributed by atoms with E-state index in [1.807, 2.05) is 13.0 Å². The molecule has 0 radical (unpaired) electrons. The van der Waals surface area contributed by atoms with E-state index < -0.39 is 27.8 Å². The number of hydrogen-bond acceptors (Lipinski definition) is 6. The molecule has 3 heterocycles. The van der Waals surface area contributed by atoms with Crippen molar-refractivity contribution in [2.75, 3.05) is 50.8 Å². The summed E-state index contributed by atoms with van der Waals surface area (Å²) in [5.41, 5.74) is 0.315. The zero-order valence-electron chi connectivity index (χ0n) is 19.5. The van der Waals surface area contributed by atoms with Gasteiger partial charge in [0.15, 0.2) is 0 Å². The highest BCUT2D eigenvalue weighted by molar-refractivity contribution is 7.89. The Labute approximate surface area is 202 Å². The van der Waals surface area contributed by atoms with E-state index in [0.29, 0.717) is 18.8 Å². The number of halogens is 3. The molecule has 8 nitrogen and oxygen atoms in total. The summed E-state index contributed by atoms with van der Waals surface area (Å²) in [6.07, 6.45) is -2.99. The molecule has 12 heteroatoms. The van der Waals surface area contributed by atoms with E-state index in [1.165, 1.54) is 4.31 Å². The summed E-state index contributed by atoms with van der Waals surface area (Å²) in [6.45, 7) is 6.52. The molecule has 2 fully saturated rings. The Balaban J connectivity index is 1.45. The van der Waals surface area contributed by atoms with Gasteiger partial charge in [-0.1, -0.05) is 0 Å². The van der Waals surface area contributed by atoms with E-state index in [2.05, 4.69) is 9.88 Å². The van der Waals surface area contributed by atoms with Crippen LogP contribution in [0.3, 0.4) is 0 Å². The maximum absolute atomic E-state index is 13.3. The minimum atomic E-state index is -4.55. The SMILES string of the molecule is Cc1cc(N2CCOCC2)ncc1C(=O)N1CCN(S(=O)(=O)c2ccc(C(F)(F)F)cc2)CC1C. The van der Waals surface area contributed by atoms with Gasteiger partial charge in [0.05, 0.1) is 29.2 Å². The van der Waals surface area contributed by atoms with Gasteiger partial charge >= 0.3 is 6.18 Å². The van der Waals surface area contributed by atoms with E-state index in [9.17, 15) is 26.4 Å². The predicted molar refractivity (Wildman–Crippen MR) is 123 cm³/mol. The standard InChI is InChI=1S/C23H27F3N4O4S/c1-16-13-21(28-9-11-34-12-10-28)27-14-20(16)22(31)30-8-7-29(15-17(30)2)35(32,33)19-5-3-18(4-6-19)23(24,25)26/h3-6,13-14,17H,7-12,15H2,1-2H3. The monoisotopic (exact) mass is 512 g/mol. The van der Waals surface area contributed by atoms with Gasteiger partial charge in [-0.2, -0.15) is 17.5 Å². The highest BCUT2D eigenvalue weighted by atomic mass is 32.2. The molecule has 2 aliphatic heterocycles. The van der Waals surface area contributed by atoms with E-state index in [1.54, 1.807) is 18.0 Å². The van der Waals surface area contributed by atoms with Crippen molar-refractivity contribution >= 4 is 21.7 Å². The fourth-order valence-corrected chi connectivity index (χ4v) is 5.81. The number of morpholine rings is 1. The number of rotatable bonds is 4. The number of anilines is 1. The van der Waals surface area contributed by atoms with E-state index in [0.717, 1.165) is 48.7 Å². The first-order valence-corrected chi connectivity index (χ1v) is 12.7. The van der Waals surface area contributed by atoms with Crippen LogP contribution in [0, 0.1) is 6.92 Å². The lowest BCUT2D eigenvalue weighted by Gasteiger charge is -2.39. The summed E-state index contributed by atoms with van der Waals surface area (Å²) in [6, 6.07) is 4.88. The normalized spacial score (nSPS) is 20.2.